The summed E-state index contributed by atoms with van der Waals surface area (Å²) in [6.45, 7) is 9.60. The Morgan fingerprint density at radius 3 is 2.50 bits per heavy atom. The Balaban J connectivity index is 0.000000295. The third-order valence-corrected chi connectivity index (χ3v) is 2.58. The van der Waals surface area contributed by atoms with Crippen LogP contribution in [0.2, 0.25) is 0 Å². The number of benzene rings is 1. The molecule has 0 spiro atoms. The first-order valence-corrected chi connectivity index (χ1v) is 6.91. The number of nitrogens with one attached hydrogen (secondary N) is 2. The van der Waals surface area contributed by atoms with E-state index in [2.05, 4.69) is 26.3 Å². The monoisotopic (exact) mass is 302 g/mol. The van der Waals surface area contributed by atoms with Crippen LogP contribution in [0.1, 0.15) is 34.6 Å². The molecule has 1 aromatic heterocycles. The van der Waals surface area contributed by atoms with Crippen LogP contribution in [0.25, 0.3) is 10.9 Å². The lowest BCUT2D eigenvalue weighted by molar-refractivity contribution is -0.138. The van der Waals surface area contributed by atoms with E-state index in [0.717, 1.165) is 16.6 Å². The van der Waals surface area contributed by atoms with Gasteiger partial charge < -0.3 is 10.1 Å². The van der Waals surface area contributed by atoms with Gasteiger partial charge in [0.1, 0.15) is 11.1 Å². The van der Waals surface area contributed by atoms with Crippen LogP contribution in [0, 0.1) is 11.3 Å². The molecule has 0 aliphatic rings. The largest absolute Gasteiger partial charge is 0.462 e. The number of carbonyl (C=O) groups excluding carboxylic acids is 1. The lowest BCUT2D eigenvalue weighted by Crippen LogP contribution is -2.28. The molecule has 0 radical (unpaired) electrons. The number of aromatic nitrogens is 2. The van der Waals surface area contributed by atoms with Crippen molar-refractivity contribution < 1.29 is 9.53 Å². The fraction of sp³-hybridized carbons (Fsp3) is 0.438. The number of hydrogen-bond acceptors (Lipinski definition) is 5. The molecule has 0 amide bonds. The van der Waals surface area contributed by atoms with Crippen molar-refractivity contribution in [2.24, 2.45) is 0 Å². The lowest BCUT2D eigenvalue weighted by Gasteiger charge is -2.18. The first kappa shape index (κ1) is 17.5. The van der Waals surface area contributed by atoms with Gasteiger partial charge in [-0.2, -0.15) is 10.4 Å². The summed E-state index contributed by atoms with van der Waals surface area (Å²) in [4.78, 5) is 9.60. The van der Waals surface area contributed by atoms with Crippen LogP contribution in [0.15, 0.2) is 24.4 Å². The predicted octanol–water partition coefficient (Wildman–Crippen LogP) is 3.23. The normalized spacial score (nSPS) is 11.1. The van der Waals surface area contributed by atoms with Crippen molar-refractivity contribution in [3.05, 3.63) is 24.4 Å². The number of nitriles is 1. The highest BCUT2D eigenvalue weighted by molar-refractivity contribution is 5.81. The number of nitrogens with zero attached hydrogens (tertiary/aromatic N) is 2. The smallest absolute Gasteiger partial charge is 0.293 e. The molecule has 0 unspecified atom stereocenters. The fourth-order valence-corrected chi connectivity index (χ4v) is 1.55. The van der Waals surface area contributed by atoms with Gasteiger partial charge >= 0.3 is 0 Å². The third-order valence-electron chi connectivity index (χ3n) is 2.58. The minimum Gasteiger partial charge on any atom is -0.462 e. The molecule has 0 fully saturated rings. The molecule has 1 heterocycles. The van der Waals surface area contributed by atoms with Gasteiger partial charge in [-0.3, -0.25) is 9.89 Å². The van der Waals surface area contributed by atoms with Crippen molar-refractivity contribution in [1.82, 2.24) is 10.2 Å². The summed E-state index contributed by atoms with van der Waals surface area (Å²) in [6, 6.07) is 8.04. The second-order valence-corrected chi connectivity index (χ2v) is 6.36. The van der Waals surface area contributed by atoms with E-state index in [4.69, 9.17) is 5.26 Å². The Bertz CT molecular complexity index is 663. The summed E-state index contributed by atoms with van der Waals surface area (Å²) in [5.74, 6) is 0. The highest BCUT2D eigenvalue weighted by Crippen LogP contribution is 2.19. The van der Waals surface area contributed by atoms with Gasteiger partial charge in [-0.05, 0) is 52.8 Å². The highest BCUT2D eigenvalue weighted by Gasteiger charge is 2.15. The Kier molecular flexibility index (Phi) is 5.52. The number of H-pyrrole nitrogens is 1. The number of aromatic amines is 1. The number of rotatable bonds is 3. The van der Waals surface area contributed by atoms with Gasteiger partial charge in [0.15, 0.2) is 0 Å². The average Bonchev–Trinajstić information content (AvgIpc) is 2.85. The van der Waals surface area contributed by atoms with E-state index in [-0.39, 0.29) is 5.60 Å². The molecule has 0 atom stereocenters. The number of ether oxygens (including phenoxy) is 1. The molecule has 118 valence electrons. The van der Waals surface area contributed by atoms with Crippen LogP contribution in [0.3, 0.4) is 0 Å². The van der Waals surface area contributed by atoms with Gasteiger partial charge in [0.25, 0.3) is 6.47 Å². The van der Waals surface area contributed by atoms with E-state index in [1.54, 1.807) is 6.20 Å². The molecule has 22 heavy (non-hydrogen) atoms. The second-order valence-electron chi connectivity index (χ2n) is 6.36. The van der Waals surface area contributed by atoms with Crippen molar-refractivity contribution in [1.29, 1.82) is 5.26 Å². The van der Waals surface area contributed by atoms with E-state index < -0.39 is 5.54 Å². The molecule has 1 aromatic carbocycles. The molecule has 2 N–H and O–H groups in total. The highest BCUT2D eigenvalue weighted by atomic mass is 16.5. The predicted molar refractivity (Wildman–Crippen MR) is 86.3 cm³/mol. The Hall–Kier alpha value is -2.55. The standard InChI is InChI=1S/C11H12N4.C5H10O2/c1-11(2,7-12)14-9-3-4-10-8(5-9)6-13-15-10;1-5(2,3)7-4-6/h3-6,14H,1-2H3,(H,13,15);4H,1-3H3. The maximum absolute atomic E-state index is 9.60. The molecule has 0 aliphatic carbocycles. The molecular formula is C16H22N4O2. The SMILES string of the molecule is CC(C)(C#N)Nc1ccc2[nH]ncc2c1.CC(C)(C)OC=O. The number of carbonyl (C=O) groups is 1. The van der Waals surface area contributed by atoms with Crippen molar-refractivity contribution in [2.45, 2.75) is 45.8 Å². The molecule has 0 saturated carbocycles. The summed E-state index contributed by atoms with van der Waals surface area (Å²) < 4.78 is 4.55. The average molecular weight is 302 g/mol. The van der Waals surface area contributed by atoms with E-state index >= 15 is 0 Å². The van der Waals surface area contributed by atoms with Gasteiger partial charge in [-0.25, -0.2) is 0 Å². The van der Waals surface area contributed by atoms with E-state index in [1.165, 1.54) is 0 Å². The van der Waals surface area contributed by atoms with Gasteiger partial charge in [0.2, 0.25) is 0 Å². The van der Waals surface area contributed by atoms with Crippen molar-refractivity contribution in [3.8, 4) is 6.07 Å². The quantitative estimate of drug-likeness (QED) is 0.849. The summed E-state index contributed by atoms with van der Waals surface area (Å²) in [7, 11) is 0. The summed E-state index contributed by atoms with van der Waals surface area (Å²) in [5, 5.41) is 19.9. The molecule has 2 rings (SSSR count). The zero-order valence-corrected chi connectivity index (χ0v) is 13.6. The first-order valence-electron chi connectivity index (χ1n) is 6.91. The zero-order chi connectivity index (χ0) is 16.8. The number of hydrogen-bond donors (Lipinski definition) is 2. The Labute approximate surface area is 130 Å². The van der Waals surface area contributed by atoms with E-state index in [0.29, 0.717) is 6.47 Å². The second kappa shape index (κ2) is 6.94. The minimum absolute atomic E-state index is 0.318. The lowest BCUT2D eigenvalue weighted by atomic mass is 10.1. The first-order chi connectivity index (χ1) is 10.2. The molecule has 6 nitrogen and oxygen atoms in total. The van der Waals surface area contributed by atoms with Crippen LogP contribution in [0.5, 0.6) is 0 Å². The fourth-order valence-electron chi connectivity index (χ4n) is 1.55. The molecular weight excluding hydrogens is 280 g/mol. The molecule has 0 aliphatic heterocycles. The molecule has 2 aromatic rings. The van der Waals surface area contributed by atoms with Crippen molar-refractivity contribution in [3.63, 3.8) is 0 Å². The summed E-state index contributed by atoms with van der Waals surface area (Å²) >= 11 is 0. The van der Waals surface area contributed by atoms with Crippen molar-refractivity contribution >= 4 is 23.1 Å². The molecule has 0 saturated heterocycles. The van der Waals surface area contributed by atoms with Crippen LogP contribution in [-0.4, -0.2) is 27.8 Å². The maximum atomic E-state index is 9.60. The van der Waals surface area contributed by atoms with Crippen LogP contribution in [0.4, 0.5) is 5.69 Å². The van der Waals surface area contributed by atoms with Crippen LogP contribution in [-0.2, 0) is 9.53 Å². The topological polar surface area (TPSA) is 90.8 Å². The van der Waals surface area contributed by atoms with Gasteiger partial charge in [-0.15, -0.1) is 0 Å². The Morgan fingerprint density at radius 2 is 2.00 bits per heavy atom. The van der Waals surface area contributed by atoms with Gasteiger partial charge in [0.05, 0.1) is 17.8 Å². The number of fused-ring (bicyclic) bond motifs is 1. The van der Waals surface area contributed by atoms with Crippen LogP contribution >= 0.6 is 0 Å². The van der Waals surface area contributed by atoms with Gasteiger partial charge in [-0.1, -0.05) is 0 Å². The maximum Gasteiger partial charge on any atom is 0.293 e. The summed E-state index contributed by atoms with van der Waals surface area (Å²) in [5.41, 5.74) is 1.05. The minimum atomic E-state index is -0.558. The van der Waals surface area contributed by atoms with Crippen LogP contribution < -0.4 is 5.32 Å². The van der Waals surface area contributed by atoms with E-state index in [9.17, 15) is 4.79 Å². The number of anilines is 1. The molecule has 0 bridgehead atoms. The summed E-state index contributed by atoms with van der Waals surface area (Å²) in [6.07, 6.45) is 1.76. The van der Waals surface area contributed by atoms with Crippen molar-refractivity contribution in [2.75, 3.05) is 5.32 Å². The van der Waals surface area contributed by atoms with E-state index in [1.807, 2.05) is 52.8 Å². The molecule has 6 heteroatoms. The zero-order valence-electron chi connectivity index (χ0n) is 13.6. The van der Waals surface area contributed by atoms with Gasteiger partial charge in [0, 0.05) is 11.1 Å². The Morgan fingerprint density at radius 1 is 1.32 bits per heavy atom. The third kappa shape index (κ3) is 5.83.